The highest BCUT2D eigenvalue weighted by Gasteiger charge is 2.40. The van der Waals surface area contributed by atoms with Gasteiger partial charge in [-0.15, -0.1) is 0 Å². The number of hydrogen-bond donors (Lipinski definition) is 4. The molecule has 182 valence electrons. The van der Waals surface area contributed by atoms with Gasteiger partial charge < -0.3 is 25.5 Å². The molecule has 1 amide bonds. The predicted molar refractivity (Wildman–Crippen MR) is 121 cm³/mol. The second-order valence-electron chi connectivity index (χ2n) is 8.15. The molecular weight excluding hydrogens is 451 g/mol. The van der Waals surface area contributed by atoms with E-state index in [1.807, 2.05) is 17.4 Å². The van der Waals surface area contributed by atoms with Crippen molar-refractivity contribution in [2.24, 2.45) is 0 Å². The van der Waals surface area contributed by atoms with Crippen LogP contribution in [0.1, 0.15) is 24.8 Å². The second-order valence-corrected chi connectivity index (χ2v) is 8.15. The smallest absolute Gasteiger partial charge is 0.394 e. The van der Waals surface area contributed by atoms with Crippen LogP contribution in [0.3, 0.4) is 0 Å². The van der Waals surface area contributed by atoms with Crippen LogP contribution in [0.5, 0.6) is 0 Å². The largest absolute Gasteiger partial charge is 0.418 e. The summed E-state index contributed by atoms with van der Waals surface area (Å²) in [5.41, 5.74) is -2.08. The van der Waals surface area contributed by atoms with E-state index in [9.17, 15) is 33.4 Å². The number of alkyl halides is 3. The molecule has 0 aliphatic carbocycles. The van der Waals surface area contributed by atoms with Gasteiger partial charge >= 0.3 is 6.18 Å². The third-order valence-corrected chi connectivity index (χ3v) is 5.82. The Morgan fingerprint density at radius 3 is 2.44 bits per heavy atom. The van der Waals surface area contributed by atoms with E-state index in [4.69, 9.17) is 5.11 Å². The quantitative estimate of drug-likeness (QED) is 0.360. The van der Waals surface area contributed by atoms with Gasteiger partial charge in [-0.05, 0) is 42.3 Å². The van der Waals surface area contributed by atoms with Crippen LogP contribution in [0.2, 0.25) is 0 Å². The summed E-state index contributed by atoms with van der Waals surface area (Å²) in [6, 6.07) is 10.9. The summed E-state index contributed by atoms with van der Waals surface area (Å²) >= 11 is 0. The molecule has 2 atom stereocenters. The number of allylic oxidation sites excluding steroid dienone is 1. The lowest BCUT2D eigenvalue weighted by Gasteiger charge is -2.30. The Labute approximate surface area is 194 Å². The highest BCUT2D eigenvalue weighted by Crippen LogP contribution is 2.39. The van der Waals surface area contributed by atoms with Gasteiger partial charge in [-0.3, -0.25) is 4.79 Å². The lowest BCUT2D eigenvalue weighted by Crippen LogP contribution is -2.41. The highest BCUT2D eigenvalue weighted by molar-refractivity contribution is 6.07. The molecule has 1 aliphatic rings. The first-order valence-electron chi connectivity index (χ1n) is 10.9. The number of piperidine rings is 1. The standard InChI is InChI=1S/C24H26F3N3O4/c25-24(26,27)22(18(12-28)23(34)29-13-20(32)21(33)14-31)16-8-7-15-5-4-6-19(17(15)11-16)30-9-2-1-3-10-30/h4-8,11,20-21,31-33H,1-3,9-10,13-14H2,(H,29,34)/b22-18-. The van der Waals surface area contributed by atoms with E-state index in [2.05, 4.69) is 4.90 Å². The lowest BCUT2D eigenvalue weighted by molar-refractivity contribution is -0.118. The molecule has 34 heavy (non-hydrogen) atoms. The van der Waals surface area contributed by atoms with Gasteiger partial charge in [0.25, 0.3) is 5.91 Å². The number of halogens is 3. The van der Waals surface area contributed by atoms with E-state index < -0.39 is 48.6 Å². The molecule has 7 nitrogen and oxygen atoms in total. The molecule has 2 aromatic carbocycles. The number of anilines is 1. The molecule has 2 unspecified atom stereocenters. The first-order valence-corrected chi connectivity index (χ1v) is 10.9. The SMILES string of the molecule is N#C/C(C(=O)NCC(O)C(O)CO)=C(\c1ccc2cccc(N3CCCCC3)c2c1)C(F)(F)F. The zero-order valence-electron chi connectivity index (χ0n) is 18.3. The van der Waals surface area contributed by atoms with Crippen LogP contribution in [0.15, 0.2) is 42.0 Å². The maximum Gasteiger partial charge on any atom is 0.418 e. The van der Waals surface area contributed by atoms with Crippen molar-refractivity contribution >= 4 is 27.9 Å². The Kier molecular flexibility index (Phi) is 8.15. The molecule has 1 aliphatic heterocycles. The van der Waals surface area contributed by atoms with E-state index in [1.165, 1.54) is 24.3 Å². The van der Waals surface area contributed by atoms with Gasteiger partial charge in [-0.1, -0.05) is 24.3 Å². The van der Waals surface area contributed by atoms with Gasteiger partial charge in [0.15, 0.2) is 0 Å². The summed E-state index contributed by atoms with van der Waals surface area (Å²) in [5, 5.41) is 40.7. The summed E-state index contributed by atoms with van der Waals surface area (Å²) in [7, 11) is 0. The Hall–Kier alpha value is -3.13. The fourth-order valence-corrected chi connectivity index (χ4v) is 4.04. The molecule has 0 aromatic heterocycles. The van der Waals surface area contributed by atoms with Crippen molar-refractivity contribution in [3.05, 3.63) is 47.5 Å². The monoisotopic (exact) mass is 477 g/mol. The lowest BCUT2D eigenvalue weighted by atomic mass is 9.95. The Morgan fingerprint density at radius 2 is 1.82 bits per heavy atom. The zero-order chi connectivity index (χ0) is 24.9. The number of amides is 1. The molecule has 1 fully saturated rings. The van der Waals surface area contributed by atoms with Crippen LogP contribution in [0, 0.1) is 11.3 Å². The number of benzene rings is 2. The first kappa shape index (κ1) is 25.5. The number of hydrogen-bond acceptors (Lipinski definition) is 6. The maximum absolute atomic E-state index is 14.1. The molecule has 1 heterocycles. The summed E-state index contributed by atoms with van der Waals surface area (Å²) in [6.45, 7) is 0.133. The van der Waals surface area contributed by atoms with Gasteiger partial charge in [-0.25, -0.2) is 0 Å². The second kappa shape index (κ2) is 10.9. The van der Waals surface area contributed by atoms with Crippen LogP contribution in [0.4, 0.5) is 18.9 Å². The van der Waals surface area contributed by atoms with E-state index in [-0.39, 0.29) is 5.56 Å². The molecule has 0 spiro atoms. The molecule has 10 heteroatoms. The van der Waals surface area contributed by atoms with E-state index in [1.54, 1.807) is 6.07 Å². The highest BCUT2D eigenvalue weighted by atomic mass is 19.4. The van der Waals surface area contributed by atoms with Crippen molar-refractivity contribution in [3.8, 4) is 6.07 Å². The van der Waals surface area contributed by atoms with Crippen molar-refractivity contribution in [2.45, 2.75) is 37.6 Å². The van der Waals surface area contributed by atoms with Crippen molar-refractivity contribution in [2.75, 3.05) is 31.1 Å². The minimum absolute atomic E-state index is 0.327. The number of fused-ring (bicyclic) bond motifs is 1. The van der Waals surface area contributed by atoms with Gasteiger partial charge in [-0.2, -0.15) is 18.4 Å². The molecule has 4 N–H and O–H groups in total. The minimum atomic E-state index is -5.01. The summed E-state index contributed by atoms with van der Waals surface area (Å²) in [5.74, 6) is -1.34. The van der Waals surface area contributed by atoms with Crippen LogP contribution in [0.25, 0.3) is 16.3 Å². The van der Waals surface area contributed by atoms with Crippen LogP contribution in [-0.4, -0.2) is 65.9 Å². The van der Waals surface area contributed by atoms with E-state index >= 15 is 0 Å². The molecule has 2 aromatic rings. The number of aliphatic hydroxyl groups is 3. The molecule has 0 bridgehead atoms. The van der Waals surface area contributed by atoms with Gasteiger partial charge in [0.2, 0.25) is 0 Å². The molecule has 0 saturated carbocycles. The van der Waals surface area contributed by atoms with E-state index in [0.717, 1.165) is 43.4 Å². The topological polar surface area (TPSA) is 117 Å². The maximum atomic E-state index is 14.1. The number of nitriles is 1. The summed E-state index contributed by atoms with van der Waals surface area (Å²) in [4.78, 5) is 14.6. The van der Waals surface area contributed by atoms with Gasteiger partial charge in [0, 0.05) is 30.7 Å². The number of carbonyl (C=O) groups is 1. The fraction of sp³-hybridized carbons (Fsp3) is 0.417. The van der Waals surface area contributed by atoms with Crippen LogP contribution in [-0.2, 0) is 4.79 Å². The third-order valence-electron chi connectivity index (χ3n) is 5.82. The fourth-order valence-electron chi connectivity index (χ4n) is 4.04. The van der Waals surface area contributed by atoms with E-state index in [0.29, 0.717) is 5.39 Å². The number of nitrogens with one attached hydrogen (secondary N) is 1. The average Bonchev–Trinajstić information content (AvgIpc) is 2.84. The normalized spacial score (nSPS) is 17.0. The third kappa shape index (κ3) is 5.67. The van der Waals surface area contributed by atoms with Crippen LogP contribution < -0.4 is 10.2 Å². The van der Waals surface area contributed by atoms with Crippen LogP contribution >= 0.6 is 0 Å². The summed E-state index contributed by atoms with van der Waals surface area (Å²) in [6.07, 6.45) is -5.16. The molecule has 0 radical (unpaired) electrons. The number of carbonyl (C=O) groups excluding carboxylic acids is 1. The van der Waals surface area contributed by atoms with Crippen molar-refractivity contribution in [3.63, 3.8) is 0 Å². The van der Waals surface area contributed by atoms with Gasteiger partial charge in [0.1, 0.15) is 17.7 Å². The summed E-state index contributed by atoms with van der Waals surface area (Å²) < 4.78 is 42.4. The molecule has 3 rings (SSSR count). The molecule has 1 saturated heterocycles. The van der Waals surface area contributed by atoms with Crippen molar-refractivity contribution in [1.82, 2.24) is 5.32 Å². The number of aliphatic hydroxyl groups excluding tert-OH is 3. The van der Waals surface area contributed by atoms with Crippen molar-refractivity contribution in [1.29, 1.82) is 5.26 Å². The number of rotatable bonds is 7. The van der Waals surface area contributed by atoms with Crippen molar-refractivity contribution < 1.29 is 33.3 Å². The Morgan fingerprint density at radius 1 is 1.12 bits per heavy atom. The predicted octanol–water partition coefficient (Wildman–Crippen LogP) is 2.50. The first-order chi connectivity index (χ1) is 16.2. The Balaban J connectivity index is 2.06. The Bertz CT molecular complexity index is 1100. The average molecular weight is 477 g/mol. The minimum Gasteiger partial charge on any atom is -0.394 e. The number of nitrogens with zero attached hydrogens (tertiary/aromatic N) is 2. The molecular formula is C24H26F3N3O4. The zero-order valence-corrected chi connectivity index (χ0v) is 18.3. The van der Waals surface area contributed by atoms with Gasteiger partial charge in [0.05, 0.1) is 18.3 Å².